The number of pyridine rings is 1. The van der Waals surface area contributed by atoms with Gasteiger partial charge in [-0.15, -0.1) is 10.2 Å². The van der Waals surface area contributed by atoms with Crippen LogP contribution in [0.5, 0.6) is 0 Å². The van der Waals surface area contributed by atoms with Gasteiger partial charge in [0.15, 0.2) is 11.9 Å². The number of ether oxygens (including phenoxy) is 6. The van der Waals surface area contributed by atoms with Crippen LogP contribution in [0, 0.1) is 23.7 Å². The van der Waals surface area contributed by atoms with Crippen LogP contribution in [-0.2, 0) is 44.6 Å². The molecule has 4 aliphatic rings. The highest BCUT2D eigenvalue weighted by Gasteiger charge is 2.60. The summed E-state index contributed by atoms with van der Waals surface area (Å²) in [6, 6.07) is 2.46. The Labute approximate surface area is 375 Å². The van der Waals surface area contributed by atoms with Gasteiger partial charge < -0.3 is 48.6 Å². The normalized spacial score (nSPS) is 36.9. The molecule has 0 spiro atoms. The maximum atomic E-state index is 15.0. The van der Waals surface area contributed by atoms with Gasteiger partial charge in [-0.1, -0.05) is 34.3 Å². The number of aliphatic hydroxyl groups is 1. The molecule has 2 N–H and O–H groups in total. The maximum Gasteiger partial charge on any atom is 0.410 e. The summed E-state index contributed by atoms with van der Waals surface area (Å²) in [5, 5.41) is 27.3. The topological polar surface area (TPSA) is 219 Å². The molecule has 0 aromatic carbocycles. The maximum absolute atomic E-state index is 15.0. The smallest absolute Gasteiger partial charge is 0.410 e. The average Bonchev–Trinajstić information content (AvgIpc) is 3.83. The summed E-state index contributed by atoms with van der Waals surface area (Å²) in [5.74, 6) is -3.73. The minimum Gasteiger partial charge on any atom is -0.458 e. The van der Waals surface area contributed by atoms with Crippen molar-refractivity contribution in [2.45, 2.75) is 154 Å². The predicted octanol–water partition coefficient (Wildman–Crippen LogP) is 4.18. The molecule has 14 atom stereocenters. The molecule has 6 rings (SSSR count). The summed E-state index contributed by atoms with van der Waals surface area (Å²) >= 11 is 0. The number of amides is 2. The lowest BCUT2D eigenvalue weighted by Gasteiger charge is -2.48. The molecular formula is C45H68N8O11. The Hall–Kier alpha value is -4.56. The summed E-state index contributed by atoms with van der Waals surface area (Å²) in [5.41, 5.74) is -1.77. The number of cyclic esters (lactones) is 1. The van der Waals surface area contributed by atoms with E-state index in [2.05, 4.69) is 32.3 Å². The van der Waals surface area contributed by atoms with E-state index >= 15 is 4.79 Å². The number of hydrogen-bond acceptors (Lipinski definition) is 16. The molecule has 4 saturated heterocycles. The van der Waals surface area contributed by atoms with Crippen LogP contribution in [0.15, 0.2) is 36.7 Å². The minimum absolute atomic E-state index is 0.0206. The molecular weight excluding hydrogens is 829 g/mol. The number of unbranched alkanes of at least 4 members (excludes halogenated alkanes) is 1. The van der Waals surface area contributed by atoms with Crippen LogP contribution >= 0.6 is 0 Å². The van der Waals surface area contributed by atoms with Crippen LogP contribution < -0.4 is 5.32 Å². The van der Waals surface area contributed by atoms with E-state index in [1.807, 2.05) is 45.8 Å². The number of esters is 1. The van der Waals surface area contributed by atoms with Gasteiger partial charge in [-0.2, -0.15) is 4.80 Å². The number of rotatable bonds is 10. The van der Waals surface area contributed by atoms with Gasteiger partial charge >= 0.3 is 18.2 Å². The van der Waals surface area contributed by atoms with Crippen LogP contribution in [0.4, 0.5) is 9.59 Å². The number of fused-ring (bicyclic) bond motifs is 4. The zero-order valence-corrected chi connectivity index (χ0v) is 39.0. The molecule has 0 aliphatic carbocycles. The monoisotopic (exact) mass is 897 g/mol. The molecule has 0 radical (unpaired) electrons. The molecule has 2 aromatic rings. The Morgan fingerprint density at radius 3 is 2.47 bits per heavy atom. The minimum atomic E-state index is -1.58. The number of hydrogen-bond donors (Lipinski definition) is 2. The Kier molecular flexibility index (Phi) is 15.5. The van der Waals surface area contributed by atoms with Gasteiger partial charge in [-0.25, -0.2) is 9.59 Å². The molecule has 6 heterocycles. The molecule has 2 aromatic heterocycles. The first kappa shape index (κ1) is 48.9. The number of carbonyl (C=O) groups excluding carboxylic acids is 4. The van der Waals surface area contributed by atoms with Gasteiger partial charge in [0.05, 0.1) is 37.3 Å². The van der Waals surface area contributed by atoms with Crippen LogP contribution in [-0.4, -0.2) is 158 Å². The van der Waals surface area contributed by atoms with E-state index < -0.39 is 89.8 Å². The Bertz CT molecular complexity index is 1970. The highest BCUT2D eigenvalue weighted by molar-refractivity contribution is 5.85. The molecule has 354 valence electrons. The van der Waals surface area contributed by atoms with E-state index in [1.165, 1.54) is 4.80 Å². The van der Waals surface area contributed by atoms with Gasteiger partial charge in [0, 0.05) is 54.8 Å². The number of Topliss-reactive ketones (excluding diaryl/α,β-unsaturated/α-hetero) is 1. The lowest BCUT2D eigenvalue weighted by molar-refractivity contribution is -0.299. The first-order valence-electron chi connectivity index (χ1n) is 22.6. The van der Waals surface area contributed by atoms with Crippen molar-refractivity contribution >= 4 is 23.9 Å². The second-order valence-corrected chi connectivity index (χ2v) is 18.8. The molecule has 19 nitrogen and oxygen atoms in total. The molecule has 0 unspecified atom stereocenters. The quantitative estimate of drug-likeness (QED) is 0.148. The van der Waals surface area contributed by atoms with Gasteiger partial charge in [0.25, 0.3) is 0 Å². The average molecular weight is 897 g/mol. The second kappa shape index (κ2) is 20.3. The molecule has 4 fully saturated rings. The number of likely N-dealkylation sites (N-methyl/N-ethyl adjacent to an activating group) is 1. The fourth-order valence-electron chi connectivity index (χ4n) is 10.2. The number of aryl methyl sites for hydroxylation is 1. The molecule has 64 heavy (non-hydrogen) atoms. The molecule has 4 aliphatic heterocycles. The van der Waals surface area contributed by atoms with Crippen molar-refractivity contribution in [3.8, 4) is 11.4 Å². The molecule has 19 heteroatoms. The number of ketones is 1. The SMILES string of the molecule is C=C1CNC(=O)O[C@]2(C)C[C@@H](C)C(=O)[C@H](C)[C@@H]3N(CCCCn4nnc(-c5cccnc5)n4)C(=O)O[C@]3(C)[C@@H](CC)OC(=O)[C@H](C)[C@@H](OC1)[C@H](C)[C@H]2O[C@@H]1O[C@H](C)C[C@H](N(C)C)[C@H]1O. The van der Waals surface area contributed by atoms with Crippen molar-refractivity contribution in [2.75, 3.05) is 33.8 Å². The number of tetrazole rings is 1. The number of aliphatic hydroxyl groups excluding tert-OH is 1. The zero-order chi connectivity index (χ0) is 46.7. The number of aromatic nitrogens is 5. The van der Waals surface area contributed by atoms with E-state index in [0.717, 1.165) is 5.56 Å². The lowest BCUT2D eigenvalue weighted by Crippen LogP contribution is -2.61. The van der Waals surface area contributed by atoms with Crippen LogP contribution in [0.3, 0.4) is 0 Å². The van der Waals surface area contributed by atoms with E-state index in [4.69, 9.17) is 28.4 Å². The Morgan fingerprint density at radius 1 is 1.05 bits per heavy atom. The first-order valence-corrected chi connectivity index (χ1v) is 22.6. The van der Waals surface area contributed by atoms with E-state index in [0.29, 0.717) is 37.2 Å². The number of nitrogens with one attached hydrogen (secondary N) is 1. The third-order valence-electron chi connectivity index (χ3n) is 13.5. The largest absolute Gasteiger partial charge is 0.458 e. The fourth-order valence-corrected chi connectivity index (χ4v) is 10.2. The first-order chi connectivity index (χ1) is 30.3. The van der Waals surface area contributed by atoms with Crippen molar-refractivity contribution in [1.82, 2.24) is 40.3 Å². The highest BCUT2D eigenvalue weighted by Crippen LogP contribution is 2.44. The van der Waals surface area contributed by atoms with Crippen LogP contribution in [0.1, 0.15) is 87.5 Å². The van der Waals surface area contributed by atoms with E-state index in [-0.39, 0.29) is 50.5 Å². The third-order valence-corrected chi connectivity index (χ3v) is 13.5. The van der Waals surface area contributed by atoms with Crippen molar-refractivity contribution in [3.05, 3.63) is 36.7 Å². The second-order valence-electron chi connectivity index (χ2n) is 18.8. The van der Waals surface area contributed by atoms with Crippen molar-refractivity contribution in [1.29, 1.82) is 0 Å². The number of nitrogens with zero attached hydrogens (tertiary/aromatic N) is 7. The summed E-state index contributed by atoms with van der Waals surface area (Å²) in [6.45, 7) is 18.9. The van der Waals surface area contributed by atoms with Gasteiger partial charge in [0.1, 0.15) is 29.7 Å². The standard InChI is InChI=1S/C45H68N8O11/c1-12-33-45(9)37(52(43(58)64-45)18-13-14-19-53-49-39(48-50-53)31-16-15-17-46-23-31)28(5)34(54)26(3)21-44(8)38(62-41-35(55)32(51(10)11)20-27(4)60-41)29(6)36(30(7)40(56)61-33)59-24-25(2)22-47-42(57)63-44/h15-17,23,26-30,32-33,35-38,41,55H,2,12-14,18-22,24H2,1,3-11H3,(H,47,57)/t26-,27-,28+,29+,30-,32+,33-,35-,36+,37+,38-,41+,44-,45-/m1/s1. The van der Waals surface area contributed by atoms with Crippen molar-refractivity contribution in [3.63, 3.8) is 0 Å². The van der Waals surface area contributed by atoms with Crippen molar-refractivity contribution in [2.24, 2.45) is 23.7 Å². The van der Waals surface area contributed by atoms with E-state index in [9.17, 15) is 19.5 Å². The number of alkyl carbamates (subject to hydrolysis) is 1. The zero-order valence-electron chi connectivity index (χ0n) is 39.0. The summed E-state index contributed by atoms with van der Waals surface area (Å²) < 4.78 is 38.6. The fraction of sp³-hybridized carbons (Fsp3) is 0.733. The van der Waals surface area contributed by atoms with Gasteiger partial charge in [0.2, 0.25) is 5.82 Å². The predicted molar refractivity (Wildman–Crippen MR) is 231 cm³/mol. The Morgan fingerprint density at radius 2 is 1.78 bits per heavy atom. The number of carbonyl (C=O) groups is 4. The third kappa shape index (κ3) is 10.4. The Balaban J connectivity index is 1.35. The lowest BCUT2D eigenvalue weighted by atomic mass is 9.73. The summed E-state index contributed by atoms with van der Waals surface area (Å²) in [6.07, 6.45) is -1.81. The highest BCUT2D eigenvalue weighted by atomic mass is 16.7. The summed E-state index contributed by atoms with van der Waals surface area (Å²) in [4.78, 5) is 66.5. The van der Waals surface area contributed by atoms with Crippen molar-refractivity contribution < 1.29 is 52.7 Å². The van der Waals surface area contributed by atoms with Crippen LogP contribution in [0.2, 0.25) is 0 Å². The van der Waals surface area contributed by atoms with Gasteiger partial charge in [-0.3, -0.25) is 14.6 Å². The summed E-state index contributed by atoms with van der Waals surface area (Å²) in [7, 11) is 3.74. The molecule has 0 saturated carbocycles. The molecule has 2 amide bonds. The van der Waals surface area contributed by atoms with E-state index in [1.54, 1.807) is 58.0 Å². The van der Waals surface area contributed by atoms with Crippen LogP contribution in [0.25, 0.3) is 11.4 Å². The van der Waals surface area contributed by atoms with Gasteiger partial charge in [-0.05, 0) is 96.8 Å². The molecule has 2 bridgehead atoms.